The Balaban J connectivity index is 2.23. The molecule has 0 spiro atoms. The number of nitrogens with zero attached hydrogens (tertiary/aromatic N) is 1. The van der Waals surface area contributed by atoms with Gasteiger partial charge in [-0.05, 0) is 31.4 Å². The fraction of sp³-hybridized carbons (Fsp3) is 0.667. The third-order valence-electron chi connectivity index (χ3n) is 6.39. The Morgan fingerprint density at radius 3 is 2.37 bits per heavy atom. The second-order valence-electron chi connectivity index (χ2n) is 8.21. The fourth-order valence-corrected chi connectivity index (χ4v) is 4.90. The van der Waals surface area contributed by atoms with Gasteiger partial charge in [-0.15, -0.1) is 0 Å². The van der Waals surface area contributed by atoms with Gasteiger partial charge in [-0.3, -0.25) is 0 Å². The maximum atomic E-state index is 12.6. The number of benzene rings is 1. The number of carbonyl (C=O) groups is 1. The summed E-state index contributed by atoms with van der Waals surface area (Å²) >= 11 is 0. The molecule has 27 heavy (non-hydrogen) atoms. The normalized spacial score (nSPS) is 25.4. The molecule has 1 saturated heterocycles. The molecule has 1 aromatic carbocycles. The topological polar surface area (TPSA) is 57.2 Å². The van der Waals surface area contributed by atoms with Crippen molar-refractivity contribution >= 4 is 6.09 Å². The number of rotatable bonds is 4. The van der Waals surface area contributed by atoms with Crippen LogP contribution >= 0.6 is 0 Å². The highest BCUT2D eigenvalue weighted by molar-refractivity contribution is 5.71. The number of likely N-dealkylation sites (tertiary alicyclic amines) is 1. The molecule has 6 nitrogen and oxygen atoms in total. The highest BCUT2D eigenvalue weighted by Gasteiger charge is 2.54. The summed E-state index contributed by atoms with van der Waals surface area (Å²) in [6.45, 7) is 9.51. The zero-order valence-electron chi connectivity index (χ0n) is 17.5. The van der Waals surface area contributed by atoms with Gasteiger partial charge in [0.1, 0.15) is 0 Å². The van der Waals surface area contributed by atoms with Crippen LogP contribution in [0, 0.1) is 0 Å². The summed E-state index contributed by atoms with van der Waals surface area (Å²) < 4.78 is 22.4. The standard InChI is InChI=1S/C21H31NO5/c1-8-27-19(23)22-10-9-21(4)12-15(22)20(2,3)13-11-14(24-5)17(25-6)18(26-7)16(13)21/h11,15H,8-10,12H2,1-7H3. The van der Waals surface area contributed by atoms with Gasteiger partial charge in [-0.1, -0.05) is 20.8 Å². The summed E-state index contributed by atoms with van der Waals surface area (Å²) in [6, 6.07) is 2.10. The highest BCUT2D eigenvalue weighted by atomic mass is 16.6. The number of piperidine rings is 1. The molecule has 3 rings (SSSR count). The monoisotopic (exact) mass is 377 g/mol. The Hall–Kier alpha value is -2.11. The average molecular weight is 377 g/mol. The Morgan fingerprint density at radius 2 is 1.81 bits per heavy atom. The van der Waals surface area contributed by atoms with E-state index in [1.54, 1.807) is 21.3 Å². The van der Waals surface area contributed by atoms with Crippen molar-refractivity contribution in [1.29, 1.82) is 0 Å². The SMILES string of the molecule is CCOC(=O)N1CCC2(C)CC1C(C)(C)c1cc(OC)c(OC)c(OC)c12. The van der Waals surface area contributed by atoms with Gasteiger partial charge in [-0.2, -0.15) is 0 Å². The Labute approximate surface area is 161 Å². The molecule has 6 heteroatoms. The third-order valence-corrected chi connectivity index (χ3v) is 6.39. The highest BCUT2D eigenvalue weighted by Crippen LogP contribution is 2.58. The Morgan fingerprint density at radius 1 is 1.15 bits per heavy atom. The van der Waals surface area contributed by atoms with Crippen LogP contribution in [0.1, 0.15) is 51.7 Å². The molecule has 0 N–H and O–H groups in total. The van der Waals surface area contributed by atoms with Gasteiger partial charge in [-0.25, -0.2) is 4.79 Å². The van der Waals surface area contributed by atoms with Crippen molar-refractivity contribution in [2.75, 3.05) is 34.5 Å². The van der Waals surface area contributed by atoms with Crippen LogP contribution in [-0.4, -0.2) is 51.5 Å². The molecule has 1 aliphatic carbocycles. The van der Waals surface area contributed by atoms with Crippen LogP contribution in [0.4, 0.5) is 4.79 Å². The minimum absolute atomic E-state index is 0.0469. The van der Waals surface area contributed by atoms with E-state index in [9.17, 15) is 4.79 Å². The van der Waals surface area contributed by atoms with Crippen molar-refractivity contribution in [3.63, 3.8) is 0 Å². The first-order chi connectivity index (χ1) is 12.7. The van der Waals surface area contributed by atoms with Gasteiger partial charge in [0.2, 0.25) is 5.75 Å². The number of fused-ring (bicyclic) bond motifs is 4. The molecule has 0 aromatic heterocycles. The molecule has 2 atom stereocenters. The second-order valence-corrected chi connectivity index (χ2v) is 8.21. The van der Waals surface area contributed by atoms with Crippen molar-refractivity contribution in [3.8, 4) is 17.2 Å². The second kappa shape index (κ2) is 6.80. The summed E-state index contributed by atoms with van der Waals surface area (Å²) in [4.78, 5) is 14.5. The molecule has 150 valence electrons. The summed E-state index contributed by atoms with van der Waals surface area (Å²) in [6.07, 6.45) is 1.48. The third kappa shape index (κ3) is 2.80. The van der Waals surface area contributed by atoms with E-state index in [1.165, 1.54) is 5.56 Å². The van der Waals surface area contributed by atoms with E-state index >= 15 is 0 Å². The van der Waals surface area contributed by atoms with E-state index in [2.05, 4.69) is 26.8 Å². The van der Waals surface area contributed by atoms with Crippen LogP contribution < -0.4 is 14.2 Å². The number of hydrogen-bond donors (Lipinski definition) is 0. The minimum Gasteiger partial charge on any atom is -0.493 e. The lowest BCUT2D eigenvalue weighted by atomic mass is 9.56. The van der Waals surface area contributed by atoms with Crippen LogP contribution in [0.2, 0.25) is 0 Å². The minimum atomic E-state index is -0.283. The summed E-state index contributed by atoms with van der Waals surface area (Å²) in [5.41, 5.74) is 1.93. The Bertz CT molecular complexity index is 745. The lowest BCUT2D eigenvalue weighted by Gasteiger charge is -2.56. The molecular formula is C21H31NO5. The van der Waals surface area contributed by atoms with Crippen molar-refractivity contribution < 1.29 is 23.7 Å². The number of carbonyl (C=O) groups excluding carboxylic acids is 1. The number of ether oxygens (including phenoxy) is 4. The molecule has 0 radical (unpaired) electrons. The van der Waals surface area contributed by atoms with Gasteiger partial charge in [0.15, 0.2) is 11.5 Å². The van der Waals surface area contributed by atoms with E-state index in [4.69, 9.17) is 18.9 Å². The van der Waals surface area contributed by atoms with Crippen molar-refractivity contribution in [1.82, 2.24) is 4.90 Å². The smallest absolute Gasteiger partial charge is 0.410 e. The van der Waals surface area contributed by atoms with Crippen LogP contribution in [0.3, 0.4) is 0 Å². The van der Waals surface area contributed by atoms with Crippen LogP contribution in [0.15, 0.2) is 6.07 Å². The number of methoxy groups -OCH3 is 3. The Kier molecular flexibility index (Phi) is 4.95. The van der Waals surface area contributed by atoms with Crippen molar-refractivity contribution in [3.05, 3.63) is 17.2 Å². The van der Waals surface area contributed by atoms with E-state index in [-0.39, 0.29) is 23.0 Å². The van der Waals surface area contributed by atoms with Gasteiger partial charge < -0.3 is 23.8 Å². The first-order valence-electron chi connectivity index (χ1n) is 9.52. The number of amides is 1. The van der Waals surface area contributed by atoms with Crippen molar-refractivity contribution in [2.45, 2.75) is 57.4 Å². The maximum Gasteiger partial charge on any atom is 0.410 e. The lowest BCUT2D eigenvalue weighted by Crippen LogP contribution is -2.61. The first-order valence-corrected chi connectivity index (χ1v) is 9.52. The molecule has 2 unspecified atom stereocenters. The van der Waals surface area contributed by atoms with Crippen molar-refractivity contribution in [2.24, 2.45) is 0 Å². The van der Waals surface area contributed by atoms with Crippen LogP contribution in [-0.2, 0) is 15.6 Å². The molecule has 1 aliphatic heterocycles. The molecule has 1 heterocycles. The summed E-state index contributed by atoms with van der Waals surface area (Å²) in [5.74, 6) is 2.01. The van der Waals surface area contributed by atoms with Crippen LogP contribution in [0.5, 0.6) is 17.2 Å². The maximum absolute atomic E-state index is 12.6. The van der Waals surface area contributed by atoms with E-state index in [0.717, 1.165) is 24.2 Å². The van der Waals surface area contributed by atoms with Gasteiger partial charge in [0.25, 0.3) is 0 Å². The average Bonchev–Trinajstić information content (AvgIpc) is 2.65. The molecule has 2 aliphatic rings. The van der Waals surface area contributed by atoms with E-state index in [0.29, 0.717) is 24.7 Å². The molecule has 1 aromatic rings. The largest absolute Gasteiger partial charge is 0.493 e. The fourth-order valence-electron chi connectivity index (χ4n) is 4.90. The van der Waals surface area contributed by atoms with Gasteiger partial charge in [0, 0.05) is 29.0 Å². The molecule has 0 saturated carbocycles. The predicted molar refractivity (Wildman–Crippen MR) is 103 cm³/mol. The van der Waals surface area contributed by atoms with E-state index in [1.807, 2.05) is 11.8 Å². The first kappa shape index (κ1) is 19.6. The number of hydrogen-bond acceptors (Lipinski definition) is 5. The molecule has 1 fully saturated rings. The predicted octanol–water partition coefficient (Wildman–Crippen LogP) is 3.88. The van der Waals surface area contributed by atoms with Gasteiger partial charge in [0.05, 0.1) is 27.9 Å². The summed E-state index contributed by atoms with van der Waals surface area (Å²) in [5, 5.41) is 0. The molecule has 2 bridgehead atoms. The zero-order valence-corrected chi connectivity index (χ0v) is 17.5. The quantitative estimate of drug-likeness (QED) is 0.797. The van der Waals surface area contributed by atoms with Crippen LogP contribution in [0.25, 0.3) is 0 Å². The van der Waals surface area contributed by atoms with Gasteiger partial charge >= 0.3 is 6.09 Å². The zero-order chi connectivity index (χ0) is 20.0. The van der Waals surface area contributed by atoms with E-state index < -0.39 is 0 Å². The summed E-state index contributed by atoms with van der Waals surface area (Å²) in [7, 11) is 4.94. The lowest BCUT2D eigenvalue weighted by molar-refractivity contribution is 0.0250. The molecule has 1 amide bonds. The molecular weight excluding hydrogens is 346 g/mol.